The maximum atomic E-state index is 12.9. The van der Waals surface area contributed by atoms with Crippen LogP contribution in [0.2, 0.25) is 0 Å². The number of esters is 4. The number of ether oxygens (including phenoxy) is 6. The van der Waals surface area contributed by atoms with Crippen molar-refractivity contribution in [2.75, 3.05) is 6.61 Å². The predicted octanol–water partition coefficient (Wildman–Crippen LogP) is 3.04. The summed E-state index contributed by atoms with van der Waals surface area (Å²) < 4.78 is 33.3. The average Bonchev–Trinajstić information content (AvgIpc) is 3.12. The van der Waals surface area contributed by atoms with Gasteiger partial charge in [0.25, 0.3) is 0 Å². The summed E-state index contributed by atoms with van der Waals surface area (Å²) in [4.78, 5) is 48.7. The van der Waals surface area contributed by atoms with Gasteiger partial charge in [-0.3, -0.25) is 9.59 Å². The van der Waals surface area contributed by atoms with Gasteiger partial charge in [-0.15, -0.1) is 0 Å². The van der Waals surface area contributed by atoms with Gasteiger partial charge in [0, 0.05) is 27.7 Å². The van der Waals surface area contributed by atoms with Gasteiger partial charge in [0.2, 0.25) is 12.1 Å². The molecule has 192 valence electrons. The Balaban J connectivity index is 1.87. The molecule has 0 bridgehead atoms. The van der Waals surface area contributed by atoms with Crippen LogP contribution in [-0.4, -0.2) is 60.9 Å². The van der Waals surface area contributed by atoms with Crippen molar-refractivity contribution in [2.45, 2.75) is 58.1 Å². The number of carbonyl (C=O) groups excluding carboxylic acids is 4. The molecule has 1 aliphatic heterocycles. The smallest absolute Gasteiger partial charge is 0.338 e. The van der Waals surface area contributed by atoms with Crippen LogP contribution >= 0.6 is 0 Å². The molecule has 0 radical (unpaired) electrons. The summed E-state index contributed by atoms with van der Waals surface area (Å²) in [5.41, 5.74) is 0.570. The second-order valence-corrected chi connectivity index (χ2v) is 8.43. The summed E-state index contributed by atoms with van der Waals surface area (Å²) in [7, 11) is 0. The fourth-order valence-electron chi connectivity index (χ4n) is 3.63. The molecule has 36 heavy (non-hydrogen) atoms. The van der Waals surface area contributed by atoms with E-state index in [1.807, 2.05) is 0 Å². The lowest BCUT2D eigenvalue weighted by atomic mass is 10.1. The highest BCUT2D eigenvalue weighted by Crippen LogP contribution is 2.32. The Hall–Kier alpha value is -3.76. The first-order chi connectivity index (χ1) is 17.1. The molecule has 0 amide bonds. The van der Waals surface area contributed by atoms with Gasteiger partial charge in [-0.05, 0) is 24.3 Å². The van der Waals surface area contributed by atoms with Crippen molar-refractivity contribution in [3.8, 4) is 0 Å². The van der Waals surface area contributed by atoms with Crippen molar-refractivity contribution in [3.63, 3.8) is 0 Å². The molecule has 0 spiro atoms. The highest BCUT2D eigenvalue weighted by atomic mass is 16.8. The largest absolute Gasteiger partial charge is 0.459 e. The summed E-state index contributed by atoms with van der Waals surface area (Å²) in [5, 5.41) is 0. The van der Waals surface area contributed by atoms with Crippen LogP contribution in [0.25, 0.3) is 0 Å². The Morgan fingerprint density at radius 3 is 1.86 bits per heavy atom. The molecule has 1 aliphatic rings. The number of benzene rings is 2. The maximum absolute atomic E-state index is 12.9. The Bertz CT molecular complexity index is 1070. The summed E-state index contributed by atoms with van der Waals surface area (Å²) >= 11 is 0. The van der Waals surface area contributed by atoms with Crippen molar-refractivity contribution < 1.29 is 47.6 Å². The molecule has 1 fully saturated rings. The molecule has 0 unspecified atom stereocenters. The zero-order valence-electron chi connectivity index (χ0n) is 20.4. The van der Waals surface area contributed by atoms with Gasteiger partial charge in [-0.25, -0.2) is 9.59 Å². The van der Waals surface area contributed by atoms with Crippen LogP contribution < -0.4 is 0 Å². The molecule has 0 N–H and O–H groups in total. The monoisotopic (exact) mass is 500 g/mol. The Morgan fingerprint density at radius 1 is 0.778 bits per heavy atom. The van der Waals surface area contributed by atoms with Gasteiger partial charge in [-0.2, -0.15) is 0 Å². The average molecular weight is 501 g/mol. The van der Waals surface area contributed by atoms with Crippen molar-refractivity contribution in [2.24, 2.45) is 0 Å². The third-order valence-electron chi connectivity index (χ3n) is 5.00. The highest BCUT2D eigenvalue weighted by Gasteiger charge is 2.52. The standard InChI is InChI=1S/C26H28O10/c1-16(27)32-25-22(36-26(3,4)35-17(2)28)21(34-24(30)19-13-9-6-10-14-19)20(33-25)15-31-23(29)18-11-7-5-8-12-18/h5-14,20-22,25H,15H2,1-4H3/t20-,21+,22-,25-/m1/s1. The highest BCUT2D eigenvalue weighted by molar-refractivity contribution is 5.90. The van der Waals surface area contributed by atoms with E-state index in [0.29, 0.717) is 5.56 Å². The maximum Gasteiger partial charge on any atom is 0.338 e. The lowest BCUT2D eigenvalue weighted by Crippen LogP contribution is -2.47. The summed E-state index contributed by atoms with van der Waals surface area (Å²) in [6.07, 6.45) is -4.81. The molecule has 2 aromatic carbocycles. The molecule has 2 aromatic rings. The van der Waals surface area contributed by atoms with Crippen LogP contribution in [0.1, 0.15) is 48.4 Å². The van der Waals surface area contributed by atoms with Gasteiger partial charge in [0.05, 0.1) is 11.1 Å². The quantitative estimate of drug-likeness (QED) is 0.288. The van der Waals surface area contributed by atoms with Crippen LogP contribution in [0.5, 0.6) is 0 Å². The van der Waals surface area contributed by atoms with E-state index in [9.17, 15) is 19.2 Å². The third kappa shape index (κ3) is 7.37. The molecule has 1 heterocycles. The van der Waals surface area contributed by atoms with Gasteiger partial charge in [-0.1, -0.05) is 36.4 Å². The van der Waals surface area contributed by atoms with E-state index in [4.69, 9.17) is 28.4 Å². The van der Waals surface area contributed by atoms with Gasteiger partial charge in [0.1, 0.15) is 12.7 Å². The molecular formula is C26H28O10. The predicted molar refractivity (Wildman–Crippen MR) is 124 cm³/mol. The van der Waals surface area contributed by atoms with Crippen molar-refractivity contribution in [3.05, 3.63) is 71.8 Å². The minimum atomic E-state index is -1.49. The van der Waals surface area contributed by atoms with Crippen LogP contribution in [0.4, 0.5) is 0 Å². The number of rotatable bonds is 9. The first-order valence-electron chi connectivity index (χ1n) is 11.2. The molecule has 0 aromatic heterocycles. The van der Waals surface area contributed by atoms with E-state index in [2.05, 4.69) is 0 Å². The van der Waals surface area contributed by atoms with Crippen molar-refractivity contribution in [1.82, 2.24) is 0 Å². The molecule has 0 aliphatic carbocycles. The molecule has 0 saturated carbocycles. The fraction of sp³-hybridized carbons (Fsp3) is 0.385. The first kappa shape index (κ1) is 26.8. The number of hydrogen-bond acceptors (Lipinski definition) is 10. The minimum Gasteiger partial charge on any atom is -0.459 e. The number of carbonyl (C=O) groups is 4. The van der Waals surface area contributed by atoms with Crippen LogP contribution in [0.15, 0.2) is 60.7 Å². The second-order valence-electron chi connectivity index (χ2n) is 8.43. The summed E-state index contributed by atoms with van der Waals surface area (Å²) in [5.74, 6) is -4.12. The van der Waals surface area contributed by atoms with E-state index < -0.39 is 54.3 Å². The van der Waals surface area contributed by atoms with E-state index in [1.165, 1.54) is 27.7 Å². The second kappa shape index (κ2) is 11.8. The fourth-order valence-corrected chi connectivity index (χ4v) is 3.63. The number of hydrogen-bond donors (Lipinski definition) is 0. The Morgan fingerprint density at radius 2 is 1.33 bits per heavy atom. The molecule has 4 atom stereocenters. The van der Waals surface area contributed by atoms with E-state index in [0.717, 1.165) is 0 Å². The normalized spacial score (nSPS) is 21.3. The molecule has 10 nitrogen and oxygen atoms in total. The van der Waals surface area contributed by atoms with Gasteiger partial charge >= 0.3 is 23.9 Å². The lowest BCUT2D eigenvalue weighted by molar-refractivity contribution is -0.265. The first-order valence-corrected chi connectivity index (χ1v) is 11.2. The molecular weight excluding hydrogens is 472 g/mol. The zero-order valence-corrected chi connectivity index (χ0v) is 20.4. The van der Waals surface area contributed by atoms with Crippen molar-refractivity contribution in [1.29, 1.82) is 0 Å². The van der Waals surface area contributed by atoms with Gasteiger partial charge < -0.3 is 28.4 Å². The molecule has 3 rings (SSSR count). The molecule has 1 saturated heterocycles. The van der Waals surface area contributed by atoms with E-state index >= 15 is 0 Å². The zero-order chi connectivity index (χ0) is 26.3. The van der Waals surface area contributed by atoms with Crippen molar-refractivity contribution >= 4 is 23.9 Å². The molecule has 10 heteroatoms. The summed E-state index contributed by atoms with van der Waals surface area (Å²) in [6.45, 7) is 4.98. The Labute approximate surface area is 208 Å². The van der Waals surface area contributed by atoms with Crippen LogP contribution in [0, 0.1) is 0 Å². The Kier molecular flexibility index (Phi) is 8.78. The third-order valence-corrected chi connectivity index (χ3v) is 5.00. The van der Waals surface area contributed by atoms with E-state index in [1.54, 1.807) is 60.7 Å². The van der Waals surface area contributed by atoms with Crippen LogP contribution in [0.3, 0.4) is 0 Å². The van der Waals surface area contributed by atoms with Gasteiger partial charge in [0.15, 0.2) is 12.2 Å². The minimum absolute atomic E-state index is 0.256. The van der Waals surface area contributed by atoms with Crippen LogP contribution in [-0.2, 0) is 38.0 Å². The summed E-state index contributed by atoms with van der Waals surface area (Å²) in [6, 6.07) is 16.5. The lowest BCUT2D eigenvalue weighted by Gasteiger charge is -2.32. The SMILES string of the molecule is CC(=O)O[C@@H]1O[C@H](COC(=O)c2ccccc2)[C@H](OC(=O)c2ccccc2)[C@H]1OC(C)(C)OC(C)=O. The topological polar surface area (TPSA) is 124 Å². The van der Waals surface area contributed by atoms with E-state index in [-0.39, 0.29) is 12.2 Å².